The van der Waals surface area contributed by atoms with E-state index in [1.165, 1.54) is 0 Å². The first-order chi connectivity index (χ1) is 8.72. The lowest BCUT2D eigenvalue weighted by molar-refractivity contribution is -0.0552. The van der Waals surface area contributed by atoms with E-state index in [1.807, 2.05) is 27.7 Å². The fraction of sp³-hybridized carbons (Fsp3) is 1.00. The van der Waals surface area contributed by atoms with Crippen molar-refractivity contribution in [3.63, 3.8) is 0 Å². The second kappa shape index (κ2) is 6.75. The summed E-state index contributed by atoms with van der Waals surface area (Å²) in [5, 5.41) is 10.5. The molecule has 20 heavy (non-hydrogen) atoms. The minimum atomic E-state index is -3.32. The lowest BCUT2D eigenvalue weighted by Crippen LogP contribution is -2.51. The highest BCUT2D eigenvalue weighted by Crippen LogP contribution is 2.32. The number of hydrogen-bond donors (Lipinski definition) is 2. The molecular weight excluding hydrogens is 274 g/mol. The van der Waals surface area contributed by atoms with Crippen molar-refractivity contribution in [3.8, 4) is 0 Å². The van der Waals surface area contributed by atoms with Gasteiger partial charge in [0, 0.05) is 6.54 Å². The molecule has 0 radical (unpaired) electrons. The summed E-state index contributed by atoms with van der Waals surface area (Å²) in [5.74, 6) is 0.119. The van der Waals surface area contributed by atoms with Crippen LogP contribution in [-0.4, -0.2) is 31.4 Å². The van der Waals surface area contributed by atoms with Crippen LogP contribution in [0.4, 0.5) is 0 Å². The molecule has 122 valence electrons. The largest absolute Gasteiger partial charge is 0.388 e. The van der Waals surface area contributed by atoms with Crippen LogP contribution in [-0.2, 0) is 10.0 Å². The monoisotopic (exact) mass is 307 g/mol. The summed E-state index contributed by atoms with van der Waals surface area (Å²) in [6.07, 6.45) is 2.02. The van der Waals surface area contributed by atoms with Crippen LogP contribution in [0.25, 0.3) is 0 Å². The van der Waals surface area contributed by atoms with Crippen LogP contribution in [0.15, 0.2) is 0 Å². The molecule has 0 rings (SSSR count). The number of nitrogens with one attached hydrogen (secondary N) is 1. The maximum absolute atomic E-state index is 12.0. The fourth-order valence-electron chi connectivity index (χ4n) is 2.01. The van der Waals surface area contributed by atoms with Crippen LogP contribution in [0.1, 0.15) is 67.7 Å². The van der Waals surface area contributed by atoms with Gasteiger partial charge in [0.1, 0.15) is 0 Å². The molecule has 0 aliphatic rings. The molecule has 0 aromatic rings. The molecule has 4 nitrogen and oxygen atoms in total. The van der Waals surface area contributed by atoms with Gasteiger partial charge in [-0.3, -0.25) is 0 Å². The van der Waals surface area contributed by atoms with Gasteiger partial charge in [-0.15, -0.1) is 0 Å². The van der Waals surface area contributed by atoms with Crippen LogP contribution in [0.5, 0.6) is 0 Å². The number of sulfonamides is 1. The van der Waals surface area contributed by atoms with Crippen molar-refractivity contribution in [1.82, 2.24) is 4.72 Å². The Morgan fingerprint density at radius 3 is 1.90 bits per heavy atom. The third-order valence-corrected chi connectivity index (χ3v) is 5.32. The lowest BCUT2D eigenvalue weighted by atomic mass is 9.75. The second-order valence-electron chi connectivity index (χ2n) is 7.94. The predicted molar refractivity (Wildman–Crippen MR) is 85.2 cm³/mol. The van der Waals surface area contributed by atoms with Gasteiger partial charge in [0.05, 0.1) is 11.4 Å². The van der Waals surface area contributed by atoms with Gasteiger partial charge in [-0.2, -0.15) is 0 Å². The first-order valence-electron chi connectivity index (χ1n) is 7.42. The van der Waals surface area contributed by atoms with Crippen molar-refractivity contribution < 1.29 is 13.5 Å². The highest BCUT2D eigenvalue weighted by Gasteiger charge is 2.38. The molecule has 0 saturated carbocycles. The molecule has 1 atom stereocenters. The van der Waals surface area contributed by atoms with E-state index >= 15 is 0 Å². The topological polar surface area (TPSA) is 66.4 Å². The third kappa shape index (κ3) is 7.04. The standard InChI is InChI=1S/C15H33NO3S/c1-8-15(17,14(5,6)7)12-16-20(18,19)11-9-10-13(2,3)4/h16-17H,8-12H2,1-7H3. The zero-order valence-corrected chi connectivity index (χ0v) is 15.0. The Morgan fingerprint density at radius 1 is 1.05 bits per heavy atom. The molecule has 0 aromatic heterocycles. The Kier molecular flexibility index (Phi) is 6.71. The molecule has 2 N–H and O–H groups in total. The second-order valence-corrected chi connectivity index (χ2v) is 9.87. The number of hydrogen-bond acceptors (Lipinski definition) is 3. The predicted octanol–water partition coefficient (Wildman–Crippen LogP) is 2.92. The highest BCUT2D eigenvalue weighted by atomic mass is 32.2. The van der Waals surface area contributed by atoms with Gasteiger partial charge in [-0.25, -0.2) is 13.1 Å². The number of aliphatic hydroxyl groups is 1. The van der Waals surface area contributed by atoms with E-state index in [-0.39, 0.29) is 23.1 Å². The molecule has 0 spiro atoms. The lowest BCUT2D eigenvalue weighted by Gasteiger charge is -2.39. The van der Waals surface area contributed by atoms with Gasteiger partial charge >= 0.3 is 0 Å². The fourth-order valence-corrected chi connectivity index (χ4v) is 3.14. The summed E-state index contributed by atoms with van der Waals surface area (Å²) in [6.45, 7) is 14.0. The first-order valence-corrected chi connectivity index (χ1v) is 9.07. The van der Waals surface area contributed by atoms with Gasteiger partial charge in [-0.05, 0) is 30.1 Å². The Bertz CT molecular complexity index is 390. The summed E-state index contributed by atoms with van der Waals surface area (Å²) in [4.78, 5) is 0. The van der Waals surface area contributed by atoms with E-state index in [9.17, 15) is 13.5 Å². The molecule has 0 aliphatic heterocycles. The molecule has 0 amide bonds. The van der Waals surface area contributed by atoms with Crippen molar-refractivity contribution in [3.05, 3.63) is 0 Å². The zero-order valence-electron chi connectivity index (χ0n) is 14.2. The summed E-state index contributed by atoms with van der Waals surface area (Å²) in [6, 6.07) is 0. The van der Waals surface area contributed by atoms with Crippen LogP contribution in [0.3, 0.4) is 0 Å². The van der Waals surface area contributed by atoms with E-state index < -0.39 is 15.6 Å². The summed E-state index contributed by atoms with van der Waals surface area (Å²) in [7, 11) is -3.32. The third-order valence-electron chi connectivity index (χ3n) is 3.91. The quantitative estimate of drug-likeness (QED) is 0.760. The minimum Gasteiger partial charge on any atom is -0.388 e. The van der Waals surface area contributed by atoms with Gasteiger partial charge in [0.2, 0.25) is 10.0 Å². The van der Waals surface area contributed by atoms with Crippen molar-refractivity contribution >= 4 is 10.0 Å². The summed E-state index contributed by atoms with van der Waals surface area (Å²) < 4.78 is 26.5. The van der Waals surface area contributed by atoms with Gasteiger partial charge in [-0.1, -0.05) is 48.5 Å². The average molecular weight is 308 g/mol. The Hall–Kier alpha value is -0.130. The van der Waals surface area contributed by atoms with Crippen molar-refractivity contribution in [2.45, 2.75) is 73.3 Å². The molecule has 0 aliphatic carbocycles. The van der Waals surface area contributed by atoms with Crippen molar-refractivity contribution in [2.75, 3.05) is 12.3 Å². The van der Waals surface area contributed by atoms with Crippen molar-refractivity contribution in [2.24, 2.45) is 10.8 Å². The molecule has 0 bridgehead atoms. The molecular formula is C15H33NO3S. The van der Waals surface area contributed by atoms with Gasteiger partial charge in [0.15, 0.2) is 0 Å². The molecule has 0 fully saturated rings. The Labute approximate surface area is 125 Å². The van der Waals surface area contributed by atoms with Gasteiger partial charge < -0.3 is 5.11 Å². The maximum atomic E-state index is 12.0. The van der Waals surface area contributed by atoms with Crippen LogP contribution >= 0.6 is 0 Å². The molecule has 0 aromatic carbocycles. The average Bonchev–Trinajstić information content (AvgIpc) is 2.22. The van der Waals surface area contributed by atoms with E-state index in [1.54, 1.807) is 0 Å². The van der Waals surface area contributed by atoms with Crippen LogP contribution in [0.2, 0.25) is 0 Å². The van der Waals surface area contributed by atoms with E-state index in [4.69, 9.17) is 0 Å². The zero-order chi connectivity index (χ0) is 16.2. The molecule has 0 saturated heterocycles. The molecule has 1 unspecified atom stereocenters. The summed E-state index contributed by atoms with van der Waals surface area (Å²) >= 11 is 0. The highest BCUT2D eigenvalue weighted by molar-refractivity contribution is 7.89. The minimum absolute atomic E-state index is 0.0743. The summed E-state index contributed by atoms with van der Waals surface area (Å²) in [5.41, 5.74) is -1.25. The Morgan fingerprint density at radius 2 is 1.55 bits per heavy atom. The smallest absolute Gasteiger partial charge is 0.211 e. The van der Waals surface area contributed by atoms with Gasteiger partial charge in [0.25, 0.3) is 0 Å². The normalized spacial score (nSPS) is 17.0. The van der Waals surface area contributed by atoms with E-state index in [0.717, 1.165) is 6.42 Å². The van der Waals surface area contributed by atoms with Crippen LogP contribution in [0, 0.1) is 10.8 Å². The number of rotatable bonds is 7. The Balaban J connectivity index is 4.49. The van der Waals surface area contributed by atoms with Crippen LogP contribution < -0.4 is 4.72 Å². The maximum Gasteiger partial charge on any atom is 0.211 e. The SMILES string of the molecule is CCC(O)(CNS(=O)(=O)CCCC(C)(C)C)C(C)(C)C. The first kappa shape index (κ1) is 19.9. The van der Waals surface area contributed by atoms with Crippen molar-refractivity contribution in [1.29, 1.82) is 0 Å². The van der Waals surface area contributed by atoms with E-state index in [2.05, 4.69) is 25.5 Å². The molecule has 5 heteroatoms. The molecule has 0 heterocycles. The van der Waals surface area contributed by atoms with E-state index in [0.29, 0.717) is 12.8 Å².